The van der Waals surface area contributed by atoms with Crippen molar-refractivity contribution >= 4 is 39.2 Å². The first-order chi connectivity index (χ1) is 12.1. The van der Waals surface area contributed by atoms with Crippen LogP contribution in [0.1, 0.15) is 20.3 Å². The third kappa shape index (κ3) is 4.35. The van der Waals surface area contributed by atoms with Crippen molar-refractivity contribution in [3.8, 4) is 10.4 Å². The number of rotatable bonds is 6. The molecular weight excluding hydrogens is 357 g/mol. The Kier molecular flexibility index (Phi) is 5.65. The number of fused-ring (bicyclic) bond motifs is 1. The van der Waals surface area contributed by atoms with Gasteiger partial charge in [-0.3, -0.25) is 4.79 Å². The molecule has 4 nitrogen and oxygen atoms in total. The van der Waals surface area contributed by atoms with E-state index in [2.05, 4.69) is 15.3 Å². The quantitative estimate of drug-likeness (QED) is 0.509. The molecule has 0 unspecified atom stereocenters. The fourth-order valence-corrected chi connectivity index (χ4v) is 4.26. The molecule has 0 aliphatic heterocycles. The summed E-state index contributed by atoms with van der Waals surface area (Å²) >= 11 is 2.96. The van der Waals surface area contributed by atoms with Crippen LogP contribution in [0.4, 0.5) is 4.39 Å². The molecule has 2 heterocycles. The zero-order valence-electron chi connectivity index (χ0n) is 14.0. The average Bonchev–Trinajstić information content (AvgIpc) is 3.05. The van der Waals surface area contributed by atoms with Gasteiger partial charge in [-0.25, -0.2) is 14.4 Å². The summed E-state index contributed by atoms with van der Waals surface area (Å²) in [6.07, 6.45) is 2.42. The van der Waals surface area contributed by atoms with E-state index in [9.17, 15) is 9.18 Å². The molecule has 7 heteroatoms. The molecular formula is C18H18FN3OS2. The Morgan fingerprint density at radius 3 is 2.80 bits per heavy atom. The van der Waals surface area contributed by atoms with E-state index in [0.717, 1.165) is 32.1 Å². The number of nitrogens with one attached hydrogen (secondary N) is 1. The van der Waals surface area contributed by atoms with Gasteiger partial charge in [0.25, 0.3) is 0 Å². The maximum Gasteiger partial charge on any atom is 0.230 e. The Morgan fingerprint density at radius 2 is 2.08 bits per heavy atom. The monoisotopic (exact) mass is 375 g/mol. The number of benzene rings is 1. The highest BCUT2D eigenvalue weighted by Gasteiger charge is 2.13. The van der Waals surface area contributed by atoms with Gasteiger partial charge in [0.2, 0.25) is 5.91 Å². The molecule has 0 aliphatic carbocycles. The van der Waals surface area contributed by atoms with Crippen molar-refractivity contribution < 1.29 is 9.18 Å². The van der Waals surface area contributed by atoms with Crippen molar-refractivity contribution in [3.05, 3.63) is 42.5 Å². The van der Waals surface area contributed by atoms with Crippen LogP contribution < -0.4 is 5.32 Å². The minimum atomic E-state index is -0.256. The minimum Gasteiger partial charge on any atom is -0.353 e. The Hall–Kier alpha value is -1.99. The number of thiophene rings is 1. The van der Waals surface area contributed by atoms with Crippen molar-refractivity contribution in [2.24, 2.45) is 0 Å². The summed E-state index contributed by atoms with van der Waals surface area (Å²) < 4.78 is 14.1. The van der Waals surface area contributed by atoms with E-state index in [1.54, 1.807) is 23.5 Å². The predicted octanol–water partition coefficient (Wildman–Crippen LogP) is 4.50. The van der Waals surface area contributed by atoms with Gasteiger partial charge in [-0.2, -0.15) is 0 Å². The molecule has 1 aromatic carbocycles. The molecule has 3 rings (SSSR count). The minimum absolute atomic E-state index is 0.00132. The first kappa shape index (κ1) is 17.8. The van der Waals surface area contributed by atoms with Crippen molar-refractivity contribution in [1.29, 1.82) is 0 Å². The molecule has 25 heavy (non-hydrogen) atoms. The molecule has 0 saturated carbocycles. The topological polar surface area (TPSA) is 54.9 Å². The van der Waals surface area contributed by atoms with Crippen LogP contribution in [0.25, 0.3) is 20.7 Å². The van der Waals surface area contributed by atoms with E-state index < -0.39 is 0 Å². The third-order valence-corrected chi connectivity index (χ3v) is 6.07. The fraction of sp³-hybridized carbons (Fsp3) is 0.278. The van der Waals surface area contributed by atoms with Crippen molar-refractivity contribution in [1.82, 2.24) is 15.3 Å². The second kappa shape index (κ2) is 7.93. The summed E-state index contributed by atoms with van der Waals surface area (Å²) in [5, 5.41) is 3.74. The zero-order valence-corrected chi connectivity index (χ0v) is 15.6. The summed E-state index contributed by atoms with van der Waals surface area (Å²) in [4.78, 5) is 21.6. The smallest absolute Gasteiger partial charge is 0.230 e. The molecule has 0 radical (unpaired) electrons. The largest absolute Gasteiger partial charge is 0.353 e. The van der Waals surface area contributed by atoms with Crippen LogP contribution in [0.3, 0.4) is 0 Å². The van der Waals surface area contributed by atoms with Gasteiger partial charge in [0.15, 0.2) is 0 Å². The summed E-state index contributed by atoms with van der Waals surface area (Å²) in [6.45, 7) is 4.02. The van der Waals surface area contributed by atoms with Gasteiger partial charge in [0.1, 0.15) is 17.2 Å². The van der Waals surface area contributed by atoms with E-state index in [-0.39, 0.29) is 17.8 Å². The number of nitrogens with zero attached hydrogens (tertiary/aromatic N) is 2. The van der Waals surface area contributed by atoms with Crippen LogP contribution in [-0.4, -0.2) is 27.7 Å². The molecule has 0 fully saturated rings. The third-order valence-electron chi connectivity index (χ3n) is 3.77. The SMILES string of the molecule is CC[C@H](C)NC(=O)CSc1ncnc2cc(-c3ccc(F)cc3)sc12. The number of thioether (sulfide) groups is 1. The van der Waals surface area contributed by atoms with E-state index in [1.807, 2.05) is 19.9 Å². The van der Waals surface area contributed by atoms with Gasteiger partial charge in [0.05, 0.1) is 16.0 Å². The molecule has 130 valence electrons. The van der Waals surface area contributed by atoms with Crippen LogP contribution in [0.2, 0.25) is 0 Å². The van der Waals surface area contributed by atoms with Gasteiger partial charge in [-0.1, -0.05) is 30.8 Å². The van der Waals surface area contributed by atoms with Gasteiger partial charge >= 0.3 is 0 Å². The Balaban J connectivity index is 1.80. The summed E-state index contributed by atoms with van der Waals surface area (Å²) in [7, 11) is 0. The molecule has 2 aromatic heterocycles. The first-order valence-corrected chi connectivity index (χ1v) is 9.79. The summed E-state index contributed by atoms with van der Waals surface area (Å²) in [5.41, 5.74) is 1.78. The lowest BCUT2D eigenvalue weighted by Gasteiger charge is -2.10. The van der Waals surface area contributed by atoms with Crippen LogP contribution >= 0.6 is 23.1 Å². The summed E-state index contributed by atoms with van der Waals surface area (Å²) in [5.74, 6) is 0.0647. The Morgan fingerprint density at radius 1 is 1.32 bits per heavy atom. The van der Waals surface area contributed by atoms with Crippen molar-refractivity contribution in [2.45, 2.75) is 31.3 Å². The van der Waals surface area contributed by atoms with E-state index >= 15 is 0 Å². The van der Waals surface area contributed by atoms with Crippen LogP contribution in [0.15, 0.2) is 41.7 Å². The number of carbonyl (C=O) groups excluding carboxylic acids is 1. The molecule has 0 saturated heterocycles. The number of amides is 1. The van der Waals surface area contributed by atoms with Gasteiger partial charge in [-0.05, 0) is 37.1 Å². The molecule has 0 aliphatic rings. The lowest BCUT2D eigenvalue weighted by atomic mass is 10.2. The van der Waals surface area contributed by atoms with Crippen LogP contribution in [0, 0.1) is 5.82 Å². The maximum absolute atomic E-state index is 13.1. The molecule has 1 atom stereocenters. The predicted molar refractivity (Wildman–Crippen MR) is 101 cm³/mol. The molecule has 3 aromatic rings. The van der Waals surface area contributed by atoms with E-state index in [4.69, 9.17) is 0 Å². The van der Waals surface area contributed by atoms with Crippen molar-refractivity contribution in [2.75, 3.05) is 5.75 Å². The number of hydrogen-bond donors (Lipinski definition) is 1. The number of aromatic nitrogens is 2. The maximum atomic E-state index is 13.1. The van der Waals surface area contributed by atoms with Gasteiger partial charge < -0.3 is 5.32 Å². The van der Waals surface area contributed by atoms with Crippen LogP contribution in [0.5, 0.6) is 0 Å². The standard InChI is InChI=1S/C18H18FN3OS2/c1-3-11(2)22-16(23)9-24-18-17-14(20-10-21-18)8-15(25-17)12-4-6-13(19)7-5-12/h4-8,10-11H,3,9H2,1-2H3,(H,22,23)/t11-/m0/s1. The first-order valence-electron chi connectivity index (χ1n) is 7.99. The summed E-state index contributed by atoms with van der Waals surface area (Å²) in [6, 6.07) is 8.53. The Labute approximate surface area is 153 Å². The van der Waals surface area contributed by atoms with E-state index in [0.29, 0.717) is 5.75 Å². The lowest BCUT2D eigenvalue weighted by molar-refractivity contribution is -0.119. The van der Waals surface area contributed by atoms with Crippen molar-refractivity contribution in [3.63, 3.8) is 0 Å². The number of carbonyl (C=O) groups is 1. The second-order valence-corrected chi connectivity index (χ2v) is 7.69. The molecule has 0 spiro atoms. The number of hydrogen-bond acceptors (Lipinski definition) is 5. The number of halogens is 1. The fourth-order valence-electron chi connectivity index (χ4n) is 2.24. The average molecular weight is 375 g/mol. The normalized spacial score (nSPS) is 12.3. The Bertz CT molecular complexity index is 880. The molecule has 1 N–H and O–H groups in total. The van der Waals surface area contributed by atoms with E-state index in [1.165, 1.54) is 30.2 Å². The van der Waals surface area contributed by atoms with Gasteiger partial charge in [-0.15, -0.1) is 11.3 Å². The lowest BCUT2D eigenvalue weighted by Crippen LogP contribution is -2.33. The van der Waals surface area contributed by atoms with Crippen LogP contribution in [-0.2, 0) is 4.79 Å². The molecule has 0 bridgehead atoms. The second-order valence-electron chi connectivity index (χ2n) is 5.68. The molecule has 1 amide bonds. The highest BCUT2D eigenvalue weighted by atomic mass is 32.2. The highest BCUT2D eigenvalue weighted by Crippen LogP contribution is 2.36. The highest BCUT2D eigenvalue weighted by molar-refractivity contribution is 8.00. The van der Waals surface area contributed by atoms with Gasteiger partial charge in [0, 0.05) is 10.9 Å². The zero-order chi connectivity index (χ0) is 17.8.